The van der Waals surface area contributed by atoms with E-state index in [1.807, 2.05) is 0 Å². The molecule has 0 aromatic heterocycles. The first-order valence-electron chi connectivity index (χ1n) is 22.0. The number of hydrogen-bond donors (Lipinski definition) is 0. The maximum absolute atomic E-state index is 2.71. The first-order valence-corrected chi connectivity index (χ1v) is 27.4. The summed E-state index contributed by atoms with van der Waals surface area (Å²) >= 11 is 0. The summed E-state index contributed by atoms with van der Waals surface area (Å²) < 4.78 is 0. The van der Waals surface area contributed by atoms with Crippen molar-refractivity contribution >= 4 is 59.2 Å². The minimum atomic E-state index is -2.65. The minimum Gasteiger partial charge on any atom is -0.0622 e. The van der Waals surface area contributed by atoms with Gasteiger partial charge in [0.1, 0.15) is 16.1 Å². The van der Waals surface area contributed by atoms with Crippen molar-refractivity contribution in [1.82, 2.24) is 0 Å². The fourth-order valence-electron chi connectivity index (χ4n) is 10.7. The second kappa shape index (κ2) is 16.9. The van der Waals surface area contributed by atoms with Crippen LogP contribution in [0.2, 0.25) is 25.2 Å². The van der Waals surface area contributed by atoms with Crippen molar-refractivity contribution in [3.05, 3.63) is 287 Å². The summed E-state index contributed by atoms with van der Waals surface area (Å²) in [5, 5.41) is 6.17. The van der Waals surface area contributed by atoms with Crippen molar-refractivity contribution in [3.8, 4) is 0 Å². The van der Waals surface area contributed by atoms with Crippen molar-refractivity contribution in [1.29, 1.82) is 0 Å². The van der Waals surface area contributed by atoms with Crippen molar-refractivity contribution in [2.45, 2.75) is 25.2 Å². The lowest BCUT2D eigenvalue weighted by Crippen LogP contribution is -2.39. The van der Waals surface area contributed by atoms with Gasteiger partial charge in [-0.3, -0.25) is 0 Å². The fraction of sp³-hybridized carbons (Fsp3) is 0.0667. The van der Waals surface area contributed by atoms with Crippen LogP contribution in [0.15, 0.2) is 243 Å². The molecule has 0 bridgehead atoms. The predicted molar refractivity (Wildman–Crippen MR) is 272 cm³/mol. The third-order valence-electron chi connectivity index (χ3n) is 13.3. The quantitative estimate of drug-likeness (QED) is 0.114. The molecular weight excluding hydrogens is 777 g/mol. The fourth-order valence-corrected chi connectivity index (χ4v) is 22.7. The summed E-state index contributed by atoms with van der Waals surface area (Å²) in [6.45, 7) is 5.41. The number of benzene rings is 8. The molecule has 298 valence electrons. The van der Waals surface area contributed by atoms with E-state index in [1.165, 1.54) is 66.8 Å². The first kappa shape index (κ1) is 39.3. The third kappa shape index (κ3) is 6.96. The number of rotatable bonds is 11. The molecule has 8 aromatic rings. The van der Waals surface area contributed by atoms with Gasteiger partial charge >= 0.3 is 0 Å². The van der Waals surface area contributed by atoms with E-state index < -0.39 is 16.1 Å². The summed E-state index contributed by atoms with van der Waals surface area (Å²) in [4.78, 5) is 0. The molecule has 62 heavy (non-hydrogen) atoms. The summed E-state index contributed by atoms with van der Waals surface area (Å²) in [6, 6.07) is 92.7. The van der Waals surface area contributed by atoms with Crippen LogP contribution >= 0.6 is 0 Å². The van der Waals surface area contributed by atoms with Crippen LogP contribution in [0.1, 0.15) is 44.5 Å². The van der Waals surface area contributed by atoms with Crippen LogP contribution in [0.5, 0.6) is 0 Å². The largest absolute Gasteiger partial charge is 0.118 e. The van der Waals surface area contributed by atoms with E-state index in [9.17, 15) is 0 Å². The zero-order valence-electron chi connectivity index (χ0n) is 35.5. The maximum Gasteiger partial charge on any atom is 0.118 e. The molecule has 2 heterocycles. The van der Waals surface area contributed by atoms with Gasteiger partial charge in [-0.25, -0.2) is 0 Å². The Balaban J connectivity index is 1.29. The van der Waals surface area contributed by atoms with E-state index in [2.05, 4.69) is 256 Å². The first-order chi connectivity index (χ1) is 30.6. The molecule has 0 unspecified atom stereocenters. The van der Waals surface area contributed by atoms with Gasteiger partial charge in [0.05, 0.1) is 0 Å². The van der Waals surface area contributed by atoms with Gasteiger partial charge in [0.15, 0.2) is 0 Å². The molecule has 0 saturated heterocycles. The highest BCUT2D eigenvalue weighted by molar-refractivity contribution is 7.17. The van der Waals surface area contributed by atoms with E-state index in [1.54, 1.807) is 20.8 Å². The molecule has 0 spiro atoms. The Kier molecular flexibility index (Phi) is 10.7. The Hall–Kier alpha value is -6.85. The van der Waals surface area contributed by atoms with Crippen molar-refractivity contribution in [2.75, 3.05) is 0 Å². The van der Waals surface area contributed by atoms with Crippen LogP contribution < -0.4 is 0 Å². The van der Waals surface area contributed by atoms with Crippen LogP contribution in [0.4, 0.5) is 0 Å². The summed E-state index contributed by atoms with van der Waals surface area (Å²) in [7, 11) is -5.30. The molecule has 0 N–H and O–H groups in total. The molecule has 0 saturated carbocycles. The summed E-state index contributed by atoms with van der Waals surface area (Å²) in [5.41, 5.74) is 16.1. The molecule has 8 aromatic carbocycles. The van der Waals surface area contributed by atoms with Gasteiger partial charge in [0.25, 0.3) is 0 Å². The third-order valence-corrected chi connectivity index (χ3v) is 22.9. The van der Waals surface area contributed by atoms with E-state index >= 15 is 0 Å². The van der Waals surface area contributed by atoms with Gasteiger partial charge < -0.3 is 0 Å². The van der Waals surface area contributed by atoms with Gasteiger partial charge in [-0.2, -0.15) is 0 Å². The van der Waals surface area contributed by atoms with E-state index in [4.69, 9.17) is 0 Å². The average molecular weight is 827 g/mol. The van der Waals surface area contributed by atoms with E-state index in [0.717, 1.165) is 12.1 Å². The van der Waals surface area contributed by atoms with Gasteiger partial charge in [-0.1, -0.05) is 268 Å². The zero-order chi connectivity index (χ0) is 41.9. The van der Waals surface area contributed by atoms with Gasteiger partial charge in [0.2, 0.25) is 0 Å². The van der Waals surface area contributed by atoms with Gasteiger partial charge in [-0.05, 0) is 87.6 Å². The lowest BCUT2D eigenvalue weighted by Gasteiger charge is -2.37. The van der Waals surface area contributed by atoms with Crippen LogP contribution in [0.3, 0.4) is 0 Å². The van der Waals surface area contributed by atoms with Crippen LogP contribution in [0.25, 0.3) is 43.1 Å². The summed E-state index contributed by atoms with van der Waals surface area (Å²) in [6.07, 6.45) is 0. The van der Waals surface area contributed by atoms with Crippen molar-refractivity contribution in [3.63, 3.8) is 0 Å². The molecule has 0 fully saturated rings. The standard InChI is InChI=1S/C60H50Si2/c1-61(57(49-35-19-7-20-36-49)53(45-27-11-3-12-28-45)54(46-29-13-4-14-30-46)58(61)50-37-21-8-22-38-50)43-44-62(2)59(51-39-23-9-24-40-51)55(47-31-15-5-16-32-47)56(48-33-17-6-18-34-48)60(62)52-41-25-10-26-42-52/h3-42H,43-44H2,1-2H3. The molecular formula is C60H50Si2. The Morgan fingerprint density at radius 2 is 0.355 bits per heavy atom. The average Bonchev–Trinajstić information content (AvgIpc) is 3.79. The highest BCUT2D eigenvalue weighted by Crippen LogP contribution is 2.61. The zero-order valence-corrected chi connectivity index (χ0v) is 37.5. The predicted octanol–water partition coefficient (Wildman–Crippen LogP) is 15.8. The molecule has 0 amide bonds. The molecule has 10 rings (SSSR count). The summed E-state index contributed by atoms with van der Waals surface area (Å²) in [5.74, 6) is 0. The lowest BCUT2D eigenvalue weighted by atomic mass is 9.89. The maximum atomic E-state index is 2.71. The minimum absolute atomic E-state index is 1.09. The lowest BCUT2D eigenvalue weighted by molar-refractivity contribution is 1.33. The topological polar surface area (TPSA) is 0 Å². The molecule has 0 nitrogen and oxygen atoms in total. The highest BCUT2D eigenvalue weighted by atomic mass is 28.3. The Morgan fingerprint density at radius 3 is 0.516 bits per heavy atom. The van der Waals surface area contributed by atoms with Gasteiger partial charge in [-0.15, -0.1) is 0 Å². The number of hydrogen-bond acceptors (Lipinski definition) is 0. The molecule has 0 atom stereocenters. The Morgan fingerprint density at radius 1 is 0.210 bits per heavy atom. The van der Waals surface area contributed by atoms with Crippen molar-refractivity contribution in [2.24, 2.45) is 0 Å². The van der Waals surface area contributed by atoms with Gasteiger partial charge in [0, 0.05) is 0 Å². The molecule has 2 aliphatic rings. The van der Waals surface area contributed by atoms with Crippen LogP contribution in [0, 0.1) is 0 Å². The molecule has 2 aliphatic heterocycles. The van der Waals surface area contributed by atoms with E-state index in [-0.39, 0.29) is 0 Å². The normalized spacial score (nSPS) is 15.7. The highest BCUT2D eigenvalue weighted by Gasteiger charge is 2.52. The Bertz CT molecular complexity index is 2550. The number of allylic oxidation sites excluding steroid dienone is 4. The van der Waals surface area contributed by atoms with Crippen LogP contribution in [-0.4, -0.2) is 16.1 Å². The monoisotopic (exact) mass is 826 g/mol. The molecule has 0 aliphatic carbocycles. The smallest absolute Gasteiger partial charge is 0.0622 e. The second-order valence-corrected chi connectivity index (χ2v) is 25.4. The molecule has 2 heteroatoms. The molecule has 0 radical (unpaired) electrons. The second-order valence-electron chi connectivity index (χ2n) is 17.1. The van der Waals surface area contributed by atoms with E-state index in [0.29, 0.717) is 0 Å². The Labute approximate surface area is 369 Å². The van der Waals surface area contributed by atoms with Crippen molar-refractivity contribution < 1.29 is 0 Å². The van der Waals surface area contributed by atoms with Crippen LogP contribution in [-0.2, 0) is 0 Å². The SMILES string of the molecule is C[Si]1(CC[Si]2(C)C(c3ccccc3)=C(c3ccccc3)C(c3ccccc3)=C2c2ccccc2)C(c2ccccc2)=C(c2ccccc2)C(c2ccccc2)=C1c1ccccc1.